The van der Waals surface area contributed by atoms with Crippen LogP contribution >= 0.6 is 11.6 Å². The number of nitrogens with two attached hydrogens (primary N) is 1. The standard InChI is InChI=1S/C35H31ClN2O5/c1-2-3-6-19-40-26-15-11-24(12-16-26)35(39)42-28-17-18-29-32(20-28)43-34(38)30(21-37)33(29)23-9-13-27(14-10-23)41-22-25-7-4-5-8-31(25)36/h4-5,7-18,20,33H,2-3,6,19,22,38H2,1H3. The van der Waals surface area contributed by atoms with Crippen molar-refractivity contribution in [1.82, 2.24) is 0 Å². The van der Waals surface area contributed by atoms with Crippen molar-refractivity contribution in [2.24, 2.45) is 5.73 Å². The van der Waals surface area contributed by atoms with Crippen molar-refractivity contribution in [2.75, 3.05) is 6.61 Å². The summed E-state index contributed by atoms with van der Waals surface area (Å²) >= 11 is 6.24. The van der Waals surface area contributed by atoms with Gasteiger partial charge in [-0.25, -0.2) is 4.79 Å². The average Bonchev–Trinajstić information content (AvgIpc) is 3.02. The van der Waals surface area contributed by atoms with E-state index in [9.17, 15) is 10.1 Å². The number of carbonyl (C=O) groups is 1. The number of halogens is 1. The summed E-state index contributed by atoms with van der Waals surface area (Å²) in [6.07, 6.45) is 3.22. The van der Waals surface area contributed by atoms with Gasteiger partial charge in [0.15, 0.2) is 0 Å². The second-order valence-corrected chi connectivity index (χ2v) is 10.5. The molecule has 8 heteroatoms. The minimum atomic E-state index is -0.515. The highest BCUT2D eigenvalue weighted by molar-refractivity contribution is 6.31. The first kappa shape index (κ1) is 29.6. The normalized spacial score (nSPS) is 13.8. The second kappa shape index (κ2) is 13.8. The number of nitriles is 1. The van der Waals surface area contributed by atoms with Crippen molar-refractivity contribution in [2.45, 2.75) is 38.7 Å². The first-order chi connectivity index (χ1) is 21.0. The molecule has 7 nitrogen and oxygen atoms in total. The lowest BCUT2D eigenvalue weighted by atomic mass is 9.83. The van der Waals surface area contributed by atoms with Crippen LogP contribution in [0.2, 0.25) is 5.02 Å². The molecule has 0 fully saturated rings. The van der Waals surface area contributed by atoms with E-state index in [4.69, 9.17) is 36.3 Å². The van der Waals surface area contributed by atoms with E-state index in [1.807, 2.05) is 48.5 Å². The lowest BCUT2D eigenvalue weighted by molar-refractivity contribution is 0.0734. The summed E-state index contributed by atoms with van der Waals surface area (Å²) in [5.41, 5.74) is 9.29. The molecule has 0 spiro atoms. The van der Waals surface area contributed by atoms with Crippen molar-refractivity contribution in [3.05, 3.63) is 130 Å². The lowest BCUT2D eigenvalue weighted by Gasteiger charge is -2.26. The molecule has 1 aliphatic rings. The van der Waals surface area contributed by atoms with Crippen LogP contribution in [0.5, 0.6) is 23.0 Å². The summed E-state index contributed by atoms with van der Waals surface area (Å²) in [4.78, 5) is 12.8. The molecule has 218 valence electrons. The van der Waals surface area contributed by atoms with E-state index in [1.54, 1.807) is 42.5 Å². The van der Waals surface area contributed by atoms with Crippen LogP contribution in [0.25, 0.3) is 0 Å². The number of ether oxygens (including phenoxy) is 4. The SMILES string of the molecule is CCCCCOc1ccc(C(=O)Oc2ccc3c(c2)OC(N)=C(C#N)C3c2ccc(OCc3ccccc3Cl)cc2)cc1. The third kappa shape index (κ3) is 7.11. The fourth-order valence-electron chi connectivity index (χ4n) is 4.77. The summed E-state index contributed by atoms with van der Waals surface area (Å²) in [6.45, 7) is 3.11. The Hall–Kier alpha value is -4.93. The zero-order valence-electron chi connectivity index (χ0n) is 23.7. The van der Waals surface area contributed by atoms with Crippen molar-refractivity contribution in [1.29, 1.82) is 5.26 Å². The Morgan fingerprint density at radius 1 is 0.930 bits per heavy atom. The van der Waals surface area contributed by atoms with Gasteiger partial charge in [0, 0.05) is 22.2 Å². The maximum Gasteiger partial charge on any atom is 0.343 e. The summed E-state index contributed by atoms with van der Waals surface area (Å²) in [5.74, 6) is 1.07. The third-order valence-corrected chi connectivity index (χ3v) is 7.44. The Morgan fingerprint density at radius 3 is 2.35 bits per heavy atom. The molecule has 0 saturated heterocycles. The van der Waals surface area contributed by atoms with Gasteiger partial charge in [-0.15, -0.1) is 0 Å². The van der Waals surface area contributed by atoms with E-state index in [1.165, 1.54) is 0 Å². The second-order valence-electron chi connectivity index (χ2n) is 10.0. The minimum absolute atomic E-state index is 0.00273. The third-order valence-electron chi connectivity index (χ3n) is 7.07. The molecule has 1 aliphatic heterocycles. The van der Waals surface area contributed by atoms with Crippen LogP contribution in [-0.2, 0) is 6.61 Å². The molecule has 0 radical (unpaired) electrons. The van der Waals surface area contributed by atoms with Gasteiger partial charge >= 0.3 is 5.97 Å². The maximum atomic E-state index is 12.8. The molecule has 0 saturated carbocycles. The minimum Gasteiger partial charge on any atom is -0.494 e. The molecule has 4 aromatic carbocycles. The number of fused-ring (bicyclic) bond motifs is 1. The number of nitrogens with zero attached hydrogens (tertiary/aromatic N) is 1. The highest BCUT2D eigenvalue weighted by Gasteiger charge is 2.31. The molecular weight excluding hydrogens is 564 g/mol. The first-order valence-electron chi connectivity index (χ1n) is 14.1. The number of hydrogen-bond donors (Lipinski definition) is 1. The van der Waals surface area contributed by atoms with Crippen molar-refractivity contribution < 1.29 is 23.7 Å². The van der Waals surface area contributed by atoms with E-state index in [-0.39, 0.29) is 5.88 Å². The smallest absolute Gasteiger partial charge is 0.343 e. The summed E-state index contributed by atoms with van der Waals surface area (Å²) in [7, 11) is 0. The average molecular weight is 595 g/mol. The molecule has 5 rings (SSSR count). The van der Waals surface area contributed by atoms with E-state index in [2.05, 4.69) is 13.0 Å². The quantitative estimate of drug-likeness (QED) is 0.107. The maximum absolute atomic E-state index is 12.8. The Labute approximate surface area is 256 Å². The van der Waals surface area contributed by atoms with Crippen molar-refractivity contribution in [3.63, 3.8) is 0 Å². The van der Waals surface area contributed by atoms with Gasteiger partial charge in [-0.1, -0.05) is 67.8 Å². The van der Waals surface area contributed by atoms with Crippen LogP contribution in [0.4, 0.5) is 0 Å². The highest BCUT2D eigenvalue weighted by Crippen LogP contribution is 2.43. The summed E-state index contributed by atoms with van der Waals surface area (Å²) < 4.78 is 23.1. The number of allylic oxidation sites excluding steroid dienone is 1. The molecule has 1 atom stereocenters. The summed E-state index contributed by atoms with van der Waals surface area (Å²) in [5, 5.41) is 10.6. The Morgan fingerprint density at radius 2 is 1.63 bits per heavy atom. The van der Waals surface area contributed by atoms with Gasteiger partial charge in [0.25, 0.3) is 0 Å². The van der Waals surface area contributed by atoms with Gasteiger partial charge in [-0.2, -0.15) is 5.26 Å². The van der Waals surface area contributed by atoms with E-state index in [0.29, 0.717) is 52.4 Å². The zero-order chi connectivity index (χ0) is 30.2. The van der Waals surface area contributed by atoms with Crippen LogP contribution in [0, 0.1) is 11.3 Å². The molecule has 1 unspecified atom stereocenters. The van der Waals surface area contributed by atoms with Crippen molar-refractivity contribution in [3.8, 4) is 29.1 Å². The Bertz CT molecular complexity index is 1660. The van der Waals surface area contributed by atoms with E-state index in [0.717, 1.165) is 36.0 Å². The highest BCUT2D eigenvalue weighted by atomic mass is 35.5. The van der Waals surface area contributed by atoms with Crippen LogP contribution in [0.15, 0.2) is 102 Å². The number of benzene rings is 4. The predicted molar refractivity (Wildman–Crippen MR) is 164 cm³/mol. The molecule has 4 aromatic rings. The number of hydrogen-bond acceptors (Lipinski definition) is 7. The van der Waals surface area contributed by atoms with E-state index < -0.39 is 11.9 Å². The molecule has 2 N–H and O–H groups in total. The fraction of sp³-hybridized carbons (Fsp3) is 0.200. The Kier molecular flexibility index (Phi) is 9.50. The molecule has 43 heavy (non-hydrogen) atoms. The molecule has 0 bridgehead atoms. The summed E-state index contributed by atoms with van der Waals surface area (Å²) in [6, 6.07) is 29.1. The van der Waals surface area contributed by atoms with Gasteiger partial charge in [0.2, 0.25) is 5.88 Å². The number of rotatable bonds is 11. The molecule has 1 heterocycles. The van der Waals surface area contributed by atoms with Crippen LogP contribution < -0.4 is 24.7 Å². The monoisotopic (exact) mass is 594 g/mol. The van der Waals surface area contributed by atoms with Gasteiger partial charge in [-0.05, 0) is 60.5 Å². The van der Waals surface area contributed by atoms with Crippen molar-refractivity contribution >= 4 is 17.6 Å². The molecule has 0 aromatic heterocycles. The number of carbonyl (C=O) groups excluding carboxylic acids is 1. The topological polar surface area (TPSA) is 104 Å². The van der Waals surface area contributed by atoms with Crippen LogP contribution in [-0.4, -0.2) is 12.6 Å². The zero-order valence-corrected chi connectivity index (χ0v) is 24.5. The predicted octanol–water partition coefficient (Wildman–Crippen LogP) is 7.93. The molecular formula is C35H31ClN2O5. The van der Waals surface area contributed by atoms with E-state index >= 15 is 0 Å². The molecule has 0 aliphatic carbocycles. The Balaban J connectivity index is 1.29. The number of esters is 1. The largest absolute Gasteiger partial charge is 0.494 e. The van der Waals surface area contributed by atoms with Crippen LogP contribution in [0.3, 0.4) is 0 Å². The lowest BCUT2D eigenvalue weighted by Crippen LogP contribution is -2.21. The van der Waals surface area contributed by atoms with Gasteiger partial charge in [0.05, 0.1) is 18.1 Å². The van der Waals surface area contributed by atoms with Gasteiger partial charge < -0.3 is 24.7 Å². The molecule has 0 amide bonds. The van der Waals surface area contributed by atoms with Gasteiger partial charge in [-0.3, -0.25) is 0 Å². The van der Waals surface area contributed by atoms with Crippen LogP contribution in [0.1, 0.15) is 59.2 Å². The van der Waals surface area contributed by atoms with Gasteiger partial charge in [0.1, 0.15) is 41.2 Å². The number of unbranched alkanes of at least 4 members (excludes halogenated alkanes) is 2. The first-order valence-corrected chi connectivity index (χ1v) is 14.5. The fourth-order valence-corrected chi connectivity index (χ4v) is 4.96.